The lowest BCUT2D eigenvalue weighted by atomic mass is 10.2. The van der Waals surface area contributed by atoms with Crippen LogP contribution in [0.3, 0.4) is 0 Å². The number of nitro benzene ring substituents is 1. The molecule has 0 aliphatic carbocycles. The SMILES string of the molecule is CC(=O)OC(C)NC(=O)c1ccc([N+](=O)[O-])cc1. The fraction of sp³-hybridized carbons (Fsp3) is 0.273. The number of non-ortho nitro benzene ring substituents is 1. The molecule has 96 valence electrons. The second-order valence-electron chi connectivity index (χ2n) is 3.53. The maximum atomic E-state index is 11.6. The number of esters is 1. The highest BCUT2D eigenvalue weighted by molar-refractivity contribution is 5.94. The van der Waals surface area contributed by atoms with Crippen LogP contribution in [0.5, 0.6) is 0 Å². The predicted molar refractivity (Wildman–Crippen MR) is 61.8 cm³/mol. The number of nitrogens with one attached hydrogen (secondary N) is 1. The molecule has 0 saturated heterocycles. The number of carbonyl (C=O) groups is 2. The van der Waals surface area contributed by atoms with Gasteiger partial charge in [0.05, 0.1) is 4.92 Å². The van der Waals surface area contributed by atoms with Crippen molar-refractivity contribution in [3.63, 3.8) is 0 Å². The molecule has 1 aromatic rings. The topological polar surface area (TPSA) is 98.5 Å². The van der Waals surface area contributed by atoms with E-state index in [1.54, 1.807) is 0 Å². The molecule has 1 unspecified atom stereocenters. The highest BCUT2D eigenvalue weighted by Crippen LogP contribution is 2.11. The van der Waals surface area contributed by atoms with Crippen LogP contribution in [0.1, 0.15) is 24.2 Å². The van der Waals surface area contributed by atoms with E-state index in [9.17, 15) is 19.7 Å². The Balaban J connectivity index is 2.67. The third-order valence-corrected chi connectivity index (χ3v) is 2.02. The Hall–Kier alpha value is -2.44. The zero-order valence-electron chi connectivity index (χ0n) is 9.88. The van der Waals surface area contributed by atoms with Gasteiger partial charge in [0.15, 0.2) is 6.23 Å². The smallest absolute Gasteiger partial charge is 0.304 e. The summed E-state index contributed by atoms with van der Waals surface area (Å²) in [7, 11) is 0. The van der Waals surface area contributed by atoms with Crippen LogP contribution in [-0.2, 0) is 9.53 Å². The minimum Gasteiger partial charge on any atom is -0.442 e. The van der Waals surface area contributed by atoms with Crippen molar-refractivity contribution in [2.45, 2.75) is 20.1 Å². The molecule has 1 aromatic carbocycles. The molecule has 1 N–H and O–H groups in total. The van der Waals surface area contributed by atoms with Gasteiger partial charge in [-0.3, -0.25) is 19.7 Å². The van der Waals surface area contributed by atoms with E-state index in [2.05, 4.69) is 5.32 Å². The monoisotopic (exact) mass is 252 g/mol. The lowest BCUT2D eigenvalue weighted by molar-refractivity contribution is -0.384. The van der Waals surface area contributed by atoms with E-state index < -0.39 is 23.0 Å². The Labute approximate surface area is 103 Å². The molecular weight excluding hydrogens is 240 g/mol. The van der Waals surface area contributed by atoms with Gasteiger partial charge in [-0.1, -0.05) is 0 Å². The number of nitrogens with zero attached hydrogens (tertiary/aromatic N) is 1. The van der Waals surface area contributed by atoms with E-state index in [-0.39, 0.29) is 11.3 Å². The van der Waals surface area contributed by atoms with Crippen LogP contribution >= 0.6 is 0 Å². The molecular formula is C11H12N2O5. The van der Waals surface area contributed by atoms with Crippen molar-refractivity contribution in [1.29, 1.82) is 0 Å². The van der Waals surface area contributed by atoms with E-state index in [0.29, 0.717) is 0 Å². The number of hydrogen-bond acceptors (Lipinski definition) is 5. The maximum absolute atomic E-state index is 11.6. The van der Waals surface area contributed by atoms with Gasteiger partial charge in [0.2, 0.25) is 0 Å². The number of benzene rings is 1. The number of rotatable bonds is 4. The van der Waals surface area contributed by atoms with Gasteiger partial charge in [-0.15, -0.1) is 0 Å². The normalized spacial score (nSPS) is 11.4. The van der Waals surface area contributed by atoms with Crippen molar-refractivity contribution in [3.8, 4) is 0 Å². The van der Waals surface area contributed by atoms with Crippen LogP contribution < -0.4 is 5.32 Å². The Morgan fingerprint density at radius 3 is 2.33 bits per heavy atom. The molecule has 0 aromatic heterocycles. The molecule has 0 radical (unpaired) electrons. The van der Waals surface area contributed by atoms with E-state index in [1.807, 2.05) is 0 Å². The summed E-state index contributed by atoms with van der Waals surface area (Å²) in [6.07, 6.45) is -0.759. The van der Waals surface area contributed by atoms with Crippen LogP contribution in [0.4, 0.5) is 5.69 Å². The largest absolute Gasteiger partial charge is 0.442 e. The summed E-state index contributed by atoms with van der Waals surface area (Å²) in [6.45, 7) is 2.74. The molecule has 0 spiro atoms. The molecule has 0 saturated carbocycles. The molecule has 1 amide bonds. The number of nitro groups is 1. The second-order valence-corrected chi connectivity index (χ2v) is 3.53. The van der Waals surface area contributed by atoms with Gasteiger partial charge in [-0.25, -0.2) is 0 Å². The zero-order valence-corrected chi connectivity index (χ0v) is 9.88. The van der Waals surface area contributed by atoms with Gasteiger partial charge in [-0.2, -0.15) is 0 Å². The maximum Gasteiger partial charge on any atom is 0.304 e. The molecule has 0 aliphatic heterocycles. The lowest BCUT2D eigenvalue weighted by Gasteiger charge is -2.13. The highest BCUT2D eigenvalue weighted by atomic mass is 16.6. The molecule has 1 atom stereocenters. The summed E-state index contributed by atoms with van der Waals surface area (Å²) in [4.78, 5) is 32.2. The first-order valence-corrected chi connectivity index (χ1v) is 5.12. The van der Waals surface area contributed by atoms with E-state index >= 15 is 0 Å². The van der Waals surface area contributed by atoms with Gasteiger partial charge in [0.1, 0.15) is 0 Å². The van der Waals surface area contributed by atoms with Crippen molar-refractivity contribution in [2.75, 3.05) is 0 Å². The van der Waals surface area contributed by atoms with Gasteiger partial charge >= 0.3 is 5.97 Å². The predicted octanol–water partition coefficient (Wildman–Crippen LogP) is 1.23. The van der Waals surface area contributed by atoms with Crippen LogP contribution in [-0.4, -0.2) is 23.0 Å². The quantitative estimate of drug-likeness (QED) is 0.376. The third kappa shape index (κ3) is 3.85. The Kier molecular flexibility index (Phi) is 4.36. The molecule has 0 fully saturated rings. The molecule has 1 rings (SSSR count). The van der Waals surface area contributed by atoms with Crippen LogP contribution in [0.15, 0.2) is 24.3 Å². The first-order chi connectivity index (χ1) is 8.40. The van der Waals surface area contributed by atoms with Gasteiger partial charge < -0.3 is 10.1 Å². The second kappa shape index (κ2) is 5.76. The van der Waals surface area contributed by atoms with Crippen molar-refractivity contribution in [2.24, 2.45) is 0 Å². The fourth-order valence-corrected chi connectivity index (χ4v) is 1.28. The van der Waals surface area contributed by atoms with Gasteiger partial charge in [-0.05, 0) is 19.1 Å². The standard InChI is InChI=1S/C11H12N2O5/c1-7(18-8(2)14)12-11(15)9-3-5-10(6-4-9)13(16)17/h3-7H,1-2H3,(H,12,15). The van der Waals surface area contributed by atoms with E-state index in [0.717, 1.165) is 0 Å². The summed E-state index contributed by atoms with van der Waals surface area (Å²) in [5.74, 6) is -0.981. The summed E-state index contributed by atoms with van der Waals surface area (Å²) in [5, 5.41) is 12.9. The van der Waals surface area contributed by atoms with Crippen molar-refractivity contribution in [1.82, 2.24) is 5.32 Å². The number of ether oxygens (including phenoxy) is 1. The molecule has 0 bridgehead atoms. The summed E-state index contributed by atoms with van der Waals surface area (Å²) in [6, 6.07) is 5.11. The minimum atomic E-state index is -0.759. The minimum absolute atomic E-state index is 0.0976. The van der Waals surface area contributed by atoms with Gasteiger partial charge in [0.25, 0.3) is 11.6 Å². The Morgan fingerprint density at radius 2 is 1.89 bits per heavy atom. The highest BCUT2D eigenvalue weighted by Gasteiger charge is 2.13. The average Bonchev–Trinajstić information content (AvgIpc) is 2.27. The van der Waals surface area contributed by atoms with E-state index in [1.165, 1.54) is 38.1 Å². The third-order valence-electron chi connectivity index (χ3n) is 2.02. The first kappa shape index (κ1) is 13.6. The Morgan fingerprint density at radius 1 is 1.33 bits per heavy atom. The van der Waals surface area contributed by atoms with Crippen LogP contribution in [0, 0.1) is 10.1 Å². The fourth-order valence-electron chi connectivity index (χ4n) is 1.28. The molecule has 0 heterocycles. The molecule has 7 nitrogen and oxygen atoms in total. The van der Waals surface area contributed by atoms with Crippen LogP contribution in [0.25, 0.3) is 0 Å². The Bertz CT molecular complexity index is 469. The zero-order chi connectivity index (χ0) is 13.7. The molecule has 7 heteroatoms. The first-order valence-electron chi connectivity index (χ1n) is 5.12. The number of carbonyl (C=O) groups excluding carboxylic acids is 2. The van der Waals surface area contributed by atoms with Crippen molar-refractivity contribution < 1.29 is 19.2 Å². The average molecular weight is 252 g/mol. The van der Waals surface area contributed by atoms with Crippen molar-refractivity contribution in [3.05, 3.63) is 39.9 Å². The summed E-state index contributed by atoms with van der Waals surface area (Å²) in [5.41, 5.74) is 0.152. The van der Waals surface area contributed by atoms with Crippen molar-refractivity contribution >= 4 is 17.6 Å². The van der Waals surface area contributed by atoms with Gasteiger partial charge in [0, 0.05) is 24.6 Å². The number of hydrogen-bond donors (Lipinski definition) is 1. The molecule has 18 heavy (non-hydrogen) atoms. The molecule has 0 aliphatic rings. The van der Waals surface area contributed by atoms with Crippen LogP contribution in [0.2, 0.25) is 0 Å². The number of amides is 1. The van der Waals surface area contributed by atoms with E-state index in [4.69, 9.17) is 4.74 Å². The summed E-state index contributed by atoms with van der Waals surface area (Å²) < 4.78 is 4.73. The lowest BCUT2D eigenvalue weighted by Crippen LogP contribution is -2.35. The summed E-state index contributed by atoms with van der Waals surface area (Å²) >= 11 is 0.